The van der Waals surface area contributed by atoms with E-state index >= 15 is 0 Å². The summed E-state index contributed by atoms with van der Waals surface area (Å²) in [6.07, 6.45) is 0.552. The van der Waals surface area contributed by atoms with Gasteiger partial charge in [0.1, 0.15) is 6.61 Å². The van der Waals surface area contributed by atoms with E-state index in [2.05, 4.69) is 22.8 Å². The van der Waals surface area contributed by atoms with Crippen LogP contribution in [0.5, 0.6) is 0 Å². The summed E-state index contributed by atoms with van der Waals surface area (Å²) >= 11 is 0. The molecule has 1 N–H and O–H groups in total. The number of hydrogen-bond acceptors (Lipinski definition) is 3. The smallest absolute Gasteiger partial charge is 0.104 e. The Morgan fingerprint density at radius 2 is 2.00 bits per heavy atom. The molecule has 0 unspecified atom stereocenters. The van der Waals surface area contributed by atoms with Gasteiger partial charge in [-0.05, 0) is 24.7 Å². The highest BCUT2D eigenvalue weighted by Crippen LogP contribution is 2.06. The molecule has 0 saturated carbocycles. The van der Waals surface area contributed by atoms with Crippen molar-refractivity contribution in [2.75, 3.05) is 20.2 Å². The standard InChI is InChI=1S/C14H16N2O/c1-16(10-3-9-15)12-14-7-5-13(6-8-14)4-2-11-17/h5-8,17H,3,10-12H2,1H3. The molecule has 3 nitrogen and oxygen atoms in total. The Kier molecular flexibility index (Phi) is 5.82. The number of nitrogens with zero attached hydrogens (tertiary/aromatic N) is 2. The minimum absolute atomic E-state index is 0.112. The van der Waals surface area contributed by atoms with Crippen molar-refractivity contribution >= 4 is 0 Å². The minimum atomic E-state index is -0.112. The lowest BCUT2D eigenvalue weighted by molar-refractivity contribution is 0.335. The van der Waals surface area contributed by atoms with Crippen LogP contribution in [0.4, 0.5) is 0 Å². The van der Waals surface area contributed by atoms with E-state index in [1.165, 1.54) is 5.56 Å². The van der Waals surface area contributed by atoms with Crippen LogP contribution in [0, 0.1) is 23.2 Å². The normalized spacial score (nSPS) is 9.53. The highest BCUT2D eigenvalue weighted by atomic mass is 16.2. The Balaban J connectivity index is 2.53. The summed E-state index contributed by atoms with van der Waals surface area (Å²) in [4.78, 5) is 2.11. The second-order valence-electron chi connectivity index (χ2n) is 3.80. The molecule has 0 amide bonds. The van der Waals surface area contributed by atoms with Gasteiger partial charge in [0.25, 0.3) is 0 Å². The number of aliphatic hydroxyl groups excluding tert-OH is 1. The van der Waals surface area contributed by atoms with Crippen LogP contribution in [0.1, 0.15) is 17.5 Å². The van der Waals surface area contributed by atoms with Crippen molar-refractivity contribution in [2.45, 2.75) is 13.0 Å². The monoisotopic (exact) mass is 228 g/mol. The lowest BCUT2D eigenvalue weighted by Crippen LogP contribution is -2.18. The number of nitriles is 1. The lowest BCUT2D eigenvalue weighted by atomic mass is 10.1. The molecule has 0 saturated heterocycles. The molecule has 0 bridgehead atoms. The molecule has 0 radical (unpaired) electrons. The summed E-state index contributed by atoms with van der Waals surface area (Å²) in [5.41, 5.74) is 2.10. The van der Waals surface area contributed by atoms with Gasteiger partial charge >= 0.3 is 0 Å². The molecular weight excluding hydrogens is 212 g/mol. The quantitative estimate of drug-likeness (QED) is 0.792. The molecule has 0 aliphatic rings. The van der Waals surface area contributed by atoms with E-state index in [9.17, 15) is 0 Å². The maximum Gasteiger partial charge on any atom is 0.104 e. The number of aliphatic hydroxyl groups is 1. The first-order valence-corrected chi connectivity index (χ1v) is 5.50. The maximum atomic E-state index is 8.58. The summed E-state index contributed by atoms with van der Waals surface area (Å²) in [5, 5.41) is 17.1. The molecule has 17 heavy (non-hydrogen) atoms. The maximum absolute atomic E-state index is 8.58. The van der Waals surface area contributed by atoms with Crippen molar-refractivity contribution < 1.29 is 5.11 Å². The fourth-order valence-electron chi connectivity index (χ4n) is 1.47. The molecule has 3 heteroatoms. The van der Waals surface area contributed by atoms with Gasteiger partial charge in [0.05, 0.1) is 6.07 Å². The van der Waals surface area contributed by atoms with Crippen molar-refractivity contribution in [1.82, 2.24) is 4.90 Å². The van der Waals surface area contributed by atoms with Gasteiger partial charge in [-0.25, -0.2) is 0 Å². The van der Waals surface area contributed by atoms with Crippen LogP contribution in [0.2, 0.25) is 0 Å². The van der Waals surface area contributed by atoms with Gasteiger partial charge in [0.15, 0.2) is 0 Å². The van der Waals surface area contributed by atoms with Gasteiger partial charge in [-0.1, -0.05) is 24.0 Å². The Morgan fingerprint density at radius 1 is 1.29 bits per heavy atom. The third-order valence-corrected chi connectivity index (χ3v) is 2.32. The summed E-state index contributed by atoms with van der Waals surface area (Å²) in [6, 6.07) is 10.1. The zero-order valence-corrected chi connectivity index (χ0v) is 9.98. The van der Waals surface area contributed by atoms with Crippen LogP contribution >= 0.6 is 0 Å². The van der Waals surface area contributed by atoms with Gasteiger partial charge in [-0.3, -0.25) is 0 Å². The van der Waals surface area contributed by atoms with Gasteiger partial charge < -0.3 is 10.0 Å². The third-order valence-electron chi connectivity index (χ3n) is 2.32. The van der Waals surface area contributed by atoms with Crippen LogP contribution in [0.15, 0.2) is 24.3 Å². The molecule has 1 aromatic carbocycles. The van der Waals surface area contributed by atoms with E-state index in [1.807, 2.05) is 31.3 Å². The van der Waals surface area contributed by atoms with E-state index in [4.69, 9.17) is 10.4 Å². The molecule has 0 spiro atoms. The Labute approximate surface area is 102 Å². The molecule has 0 heterocycles. The molecule has 1 rings (SSSR count). The molecular formula is C14H16N2O. The lowest BCUT2D eigenvalue weighted by Gasteiger charge is -2.14. The summed E-state index contributed by atoms with van der Waals surface area (Å²) in [7, 11) is 2.00. The average molecular weight is 228 g/mol. The molecule has 0 atom stereocenters. The zero-order valence-electron chi connectivity index (χ0n) is 9.98. The van der Waals surface area contributed by atoms with Gasteiger partial charge in [0.2, 0.25) is 0 Å². The third kappa shape index (κ3) is 5.17. The molecule has 0 aromatic heterocycles. The fraction of sp³-hybridized carbons (Fsp3) is 0.357. The second-order valence-corrected chi connectivity index (χ2v) is 3.80. The van der Waals surface area contributed by atoms with E-state index in [-0.39, 0.29) is 6.61 Å². The van der Waals surface area contributed by atoms with E-state index in [0.29, 0.717) is 6.42 Å². The zero-order chi connectivity index (χ0) is 12.5. The highest BCUT2D eigenvalue weighted by molar-refractivity contribution is 5.36. The molecule has 0 aliphatic heterocycles. The molecule has 1 aromatic rings. The van der Waals surface area contributed by atoms with Crippen molar-refractivity contribution in [3.63, 3.8) is 0 Å². The SMILES string of the molecule is CN(CCC#N)Cc1ccc(C#CCO)cc1. The van der Waals surface area contributed by atoms with E-state index in [1.54, 1.807) is 0 Å². The first-order valence-electron chi connectivity index (χ1n) is 5.50. The van der Waals surface area contributed by atoms with Crippen LogP contribution in [-0.2, 0) is 6.54 Å². The average Bonchev–Trinajstić information content (AvgIpc) is 2.35. The van der Waals surface area contributed by atoms with Crippen LogP contribution in [0.3, 0.4) is 0 Å². The number of rotatable bonds is 4. The number of benzene rings is 1. The highest BCUT2D eigenvalue weighted by Gasteiger charge is 1.99. The van der Waals surface area contributed by atoms with Gasteiger partial charge in [-0.2, -0.15) is 5.26 Å². The first-order chi connectivity index (χ1) is 8.26. The summed E-state index contributed by atoms with van der Waals surface area (Å²) in [6.45, 7) is 1.50. The second kappa shape index (κ2) is 7.46. The van der Waals surface area contributed by atoms with E-state index in [0.717, 1.165) is 18.7 Å². The van der Waals surface area contributed by atoms with E-state index < -0.39 is 0 Å². The largest absolute Gasteiger partial charge is 0.384 e. The van der Waals surface area contributed by atoms with Crippen LogP contribution in [-0.4, -0.2) is 30.2 Å². The fourth-order valence-corrected chi connectivity index (χ4v) is 1.47. The minimum Gasteiger partial charge on any atom is -0.384 e. The molecule has 88 valence electrons. The topological polar surface area (TPSA) is 47.3 Å². The summed E-state index contributed by atoms with van der Waals surface area (Å²) in [5.74, 6) is 5.46. The summed E-state index contributed by atoms with van der Waals surface area (Å²) < 4.78 is 0. The Bertz CT molecular complexity index is 434. The van der Waals surface area contributed by atoms with Crippen molar-refractivity contribution in [3.05, 3.63) is 35.4 Å². The van der Waals surface area contributed by atoms with Crippen molar-refractivity contribution in [1.29, 1.82) is 5.26 Å². The van der Waals surface area contributed by atoms with Crippen LogP contribution in [0.25, 0.3) is 0 Å². The van der Waals surface area contributed by atoms with Gasteiger partial charge in [-0.15, -0.1) is 0 Å². The molecule has 0 aliphatic carbocycles. The molecule has 0 fully saturated rings. The first kappa shape index (κ1) is 13.3. The van der Waals surface area contributed by atoms with Crippen LogP contribution < -0.4 is 0 Å². The Morgan fingerprint density at radius 3 is 2.59 bits per heavy atom. The van der Waals surface area contributed by atoms with Crippen molar-refractivity contribution in [2.24, 2.45) is 0 Å². The van der Waals surface area contributed by atoms with Crippen molar-refractivity contribution in [3.8, 4) is 17.9 Å². The number of hydrogen-bond donors (Lipinski definition) is 1. The predicted molar refractivity (Wildman–Crippen MR) is 67.0 cm³/mol. The predicted octanol–water partition coefficient (Wildman–Crippen LogP) is 1.38. The van der Waals surface area contributed by atoms with Gasteiger partial charge in [0, 0.05) is 25.1 Å². The Hall–Kier alpha value is -1.81.